The number of ether oxygens (including phenoxy) is 1. The quantitative estimate of drug-likeness (QED) is 0.0320. The maximum Gasteiger partial charge on any atom is 0.305 e. The van der Waals surface area contributed by atoms with Gasteiger partial charge in [-0.3, -0.25) is 9.59 Å². The van der Waals surface area contributed by atoms with Gasteiger partial charge in [-0.1, -0.05) is 462 Å². The van der Waals surface area contributed by atoms with Crippen LogP contribution >= 0.6 is 0 Å². The van der Waals surface area contributed by atoms with Crippen molar-refractivity contribution < 1.29 is 24.5 Å². The van der Waals surface area contributed by atoms with Crippen LogP contribution in [-0.2, 0) is 14.3 Å². The summed E-state index contributed by atoms with van der Waals surface area (Å²) in [4.78, 5) is 24.7. The molecular weight excluding hydrogens is 1160 g/mol. The Labute approximate surface area is 596 Å². The minimum atomic E-state index is -0.661. The second-order valence-electron chi connectivity index (χ2n) is 30.6. The minimum absolute atomic E-state index is 0.0111. The topological polar surface area (TPSA) is 95.9 Å². The zero-order chi connectivity index (χ0) is 68.4. The van der Waals surface area contributed by atoms with E-state index in [1.54, 1.807) is 0 Å². The maximum atomic E-state index is 12.6. The first kappa shape index (κ1) is 93.3. The lowest BCUT2D eigenvalue weighted by Gasteiger charge is -2.22. The van der Waals surface area contributed by atoms with Crippen molar-refractivity contribution in [3.8, 4) is 0 Å². The average molecular weight is 1340 g/mol. The van der Waals surface area contributed by atoms with Gasteiger partial charge in [-0.15, -0.1) is 0 Å². The fourth-order valence-electron chi connectivity index (χ4n) is 14.3. The molecule has 0 saturated carbocycles. The van der Waals surface area contributed by atoms with Gasteiger partial charge in [0.1, 0.15) is 0 Å². The van der Waals surface area contributed by atoms with Gasteiger partial charge in [0, 0.05) is 12.8 Å². The molecule has 6 heteroatoms. The molecule has 3 N–H and O–H groups in total. The van der Waals surface area contributed by atoms with Gasteiger partial charge in [-0.05, 0) is 57.8 Å². The van der Waals surface area contributed by atoms with Crippen LogP contribution in [0.1, 0.15) is 508 Å². The lowest BCUT2D eigenvalue weighted by Crippen LogP contribution is -2.45. The molecular formula is C89H173NO5. The Morgan fingerprint density at radius 1 is 0.295 bits per heavy atom. The molecule has 0 aromatic heterocycles. The molecule has 564 valence electrons. The first-order chi connectivity index (χ1) is 47.0. The average Bonchev–Trinajstić information content (AvgIpc) is 2.95. The summed E-state index contributed by atoms with van der Waals surface area (Å²) >= 11 is 0. The number of carbonyl (C=O) groups excluding carboxylic acids is 2. The van der Waals surface area contributed by atoms with Crippen molar-refractivity contribution in [2.45, 2.75) is 520 Å². The number of aliphatic hydroxyl groups is 2. The van der Waals surface area contributed by atoms with E-state index in [-0.39, 0.29) is 18.5 Å². The minimum Gasteiger partial charge on any atom is -0.466 e. The number of nitrogens with one attached hydrogen (secondary N) is 1. The number of hydrogen-bond donors (Lipinski definition) is 3. The van der Waals surface area contributed by atoms with Crippen LogP contribution in [0, 0.1) is 0 Å². The Bertz CT molecular complexity index is 1500. The second-order valence-corrected chi connectivity index (χ2v) is 30.6. The van der Waals surface area contributed by atoms with Crippen molar-refractivity contribution in [1.82, 2.24) is 5.32 Å². The molecule has 0 radical (unpaired) electrons. The highest BCUT2D eigenvalue weighted by atomic mass is 16.5. The van der Waals surface area contributed by atoms with Gasteiger partial charge in [0.15, 0.2) is 0 Å². The number of esters is 1. The molecule has 95 heavy (non-hydrogen) atoms. The van der Waals surface area contributed by atoms with E-state index in [1.165, 1.54) is 424 Å². The molecule has 1 amide bonds. The number of unbranched alkanes of at least 4 members (excludes halogenated alkanes) is 69. The van der Waals surface area contributed by atoms with Gasteiger partial charge in [0.25, 0.3) is 0 Å². The Hall–Kier alpha value is -1.66. The van der Waals surface area contributed by atoms with Crippen LogP contribution < -0.4 is 5.32 Å². The van der Waals surface area contributed by atoms with Crippen molar-refractivity contribution in [3.05, 3.63) is 24.3 Å². The predicted molar refractivity (Wildman–Crippen MR) is 421 cm³/mol. The third-order valence-electron chi connectivity index (χ3n) is 21.0. The molecule has 0 aliphatic carbocycles. The Morgan fingerprint density at radius 2 is 0.526 bits per heavy atom. The third-order valence-corrected chi connectivity index (χ3v) is 21.0. The lowest BCUT2D eigenvalue weighted by molar-refractivity contribution is -0.143. The first-order valence-electron chi connectivity index (χ1n) is 44.1. The SMILES string of the molecule is CCCCC/C=C\C/C=C\CCCCCCCC(=O)OCCCCCCCCCCCCCCCCCCCCCCCCCCCCCCCCCCCCCCCCCC(=O)NC(CO)C(O)CCCCCCCCCCCCCCCCCCCCCCCCCC. The van der Waals surface area contributed by atoms with Crippen molar-refractivity contribution in [1.29, 1.82) is 0 Å². The van der Waals surface area contributed by atoms with E-state index in [1.807, 2.05) is 0 Å². The molecule has 0 aromatic carbocycles. The van der Waals surface area contributed by atoms with E-state index < -0.39 is 12.1 Å². The van der Waals surface area contributed by atoms with Crippen LogP contribution in [0.25, 0.3) is 0 Å². The molecule has 0 heterocycles. The monoisotopic (exact) mass is 1340 g/mol. The van der Waals surface area contributed by atoms with Gasteiger partial charge in [0.05, 0.1) is 25.4 Å². The Morgan fingerprint density at radius 3 is 0.821 bits per heavy atom. The van der Waals surface area contributed by atoms with Crippen LogP contribution in [0.4, 0.5) is 0 Å². The molecule has 0 aliphatic rings. The maximum absolute atomic E-state index is 12.6. The normalized spacial score (nSPS) is 12.5. The highest BCUT2D eigenvalue weighted by Crippen LogP contribution is 2.21. The first-order valence-corrected chi connectivity index (χ1v) is 44.1. The Balaban J connectivity index is 3.30. The van der Waals surface area contributed by atoms with Gasteiger partial charge < -0.3 is 20.3 Å². The summed E-state index contributed by atoms with van der Waals surface area (Å²) in [5.74, 6) is -0.0113. The number of hydrogen-bond acceptors (Lipinski definition) is 5. The van der Waals surface area contributed by atoms with Gasteiger partial charge in [0.2, 0.25) is 5.91 Å². The van der Waals surface area contributed by atoms with Crippen molar-refractivity contribution in [2.75, 3.05) is 13.2 Å². The zero-order valence-corrected chi connectivity index (χ0v) is 64.9. The number of allylic oxidation sites excluding steroid dienone is 4. The van der Waals surface area contributed by atoms with Crippen molar-refractivity contribution >= 4 is 11.9 Å². The fourth-order valence-corrected chi connectivity index (χ4v) is 14.3. The smallest absolute Gasteiger partial charge is 0.305 e. The summed E-state index contributed by atoms with van der Waals surface area (Å²) in [6.45, 7) is 4.98. The van der Waals surface area contributed by atoms with Crippen molar-refractivity contribution in [3.63, 3.8) is 0 Å². The molecule has 0 aliphatic heterocycles. The summed E-state index contributed by atoms with van der Waals surface area (Å²) in [5.41, 5.74) is 0. The van der Waals surface area contributed by atoms with E-state index in [0.717, 1.165) is 51.4 Å². The van der Waals surface area contributed by atoms with Gasteiger partial charge >= 0.3 is 5.97 Å². The van der Waals surface area contributed by atoms with E-state index in [2.05, 4.69) is 43.5 Å². The van der Waals surface area contributed by atoms with E-state index in [0.29, 0.717) is 25.9 Å². The Kier molecular flexibility index (Phi) is 83.3. The van der Waals surface area contributed by atoms with E-state index in [9.17, 15) is 19.8 Å². The van der Waals surface area contributed by atoms with E-state index in [4.69, 9.17) is 4.74 Å². The molecule has 2 atom stereocenters. The van der Waals surface area contributed by atoms with E-state index >= 15 is 0 Å². The lowest BCUT2D eigenvalue weighted by atomic mass is 10.0. The molecule has 6 nitrogen and oxygen atoms in total. The molecule has 0 saturated heterocycles. The van der Waals surface area contributed by atoms with Gasteiger partial charge in [-0.2, -0.15) is 0 Å². The van der Waals surface area contributed by atoms with Crippen LogP contribution in [0.2, 0.25) is 0 Å². The summed E-state index contributed by atoms with van der Waals surface area (Å²) in [6.07, 6.45) is 110. The molecule has 0 rings (SSSR count). The number of amides is 1. The third kappa shape index (κ3) is 81.2. The highest BCUT2D eigenvalue weighted by molar-refractivity contribution is 5.76. The molecule has 2 unspecified atom stereocenters. The summed E-state index contributed by atoms with van der Waals surface area (Å²) < 4.78 is 5.50. The standard InChI is InChI=1S/C89H173NO5/c1-3-5-7-9-11-13-15-17-19-20-21-22-23-41-44-47-50-54-57-61-65-69-73-77-81-87(92)86(85-91)90-88(93)82-78-74-70-66-62-58-55-51-48-45-42-39-37-35-33-31-29-27-25-24-26-28-30-32-34-36-38-40-43-46-49-52-56-60-64-68-72-76-80-84-95-89(94)83-79-75-71-67-63-59-53-18-16-14-12-10-8-6-4-2/h12,14,18,53,86-87,91-92H,3-11,13,15-17,19-52,54-85H2,1-2H3,(H,90,93)/b14-12-,53-18-. The summed E-state index contributed by atoms with van der Waals surface area (Å²) in [6, 6.07) is -0.538. The summed E-state index contributed by atoms with van der Waals surface area (Å²) in [7, 11) is 0. The van der Waals surface area contributed by atoms with Gasteiger partial charge in [-0.25, -0.2) is 0 Å². The van der Waals surface area contributed by atoms with Crippen molar-refractivity contribution in [2.24, 2.45) is 0 Å². The van der Waals surface area contributed by atoms with Crippen LogP contribution in [0.15, 0.2) is 24.3 Å². The number of aliphatic hydroxyl groups excluding tert-OH is 2. The number of carbonyl (C=O) groups is 2. The predicted octanol–water partition coefficient (Wildman–Crippen LogP) is 29.6. The molecule has 0 bridgehead atoms. The van der Waals surface area contributed by atoms with Crippen LogP contribution in [0.5, 0.6) is 0 Å². The fraction of sp³-hybridized carbons (Fsp3) is 0.933. The zero-order valence-electron chi connectivity index (χ0n) is 64.9. The molecule has 0 aromatic rings. The summed E-state index contributed by atoms with van der Waals surface area (Å²) in [5, 5.41) is 23.5. The van der Waals surface area contributed by atoms with Crippen LogP contribution in [-0.4, -0.2) is 47.4 Å². The second kappa shape index (κ2) is 84.8. The number of rotatable bonds is 84. The highest BCUT2D eigenvalue weighted by Gasteiger charge is 2.20. The largest absolute Gasteiger partial charge is 0.466 e. The van der Waals surface area contributed by atoms with Crippen LogP contribution in [0.3, 0.4) is 0 Å². The molecule has 0 fully saturated rings. The molecule has 0 spiro atoms.